The molecule has 1 saturated heterocycles. The quantitative estimate of drug-likeness (QED) is 0.560. The Morgan fingerprint density at radius 2 is 2.20 bits per heavy atom. The van der Waals surface area contributed by atoms with Crippen molar-refractivity contribution in [1.29, 1.82) is 0 Å². The van der Waals surface area contributed by atoms with E-state index < -0.39 is 0 Å². The second-order valence-corrected chi connectivity index (χ2v) is 7.49. The zero-order valence-corrected chi connectivity index (χ0v) is 17.7. The Morgan fingerprint density at radius 3 is 2.97 bits per heavy atom. The highest BCUT2D eigenvalue weighted by Gasteiger charge is 2.29. The lowest BCUT2D eigenvalue weighted by atomic mass is 10.00. The van der Waals surface area contributed by atoms with Crippen LogP contribution in [0.15, 0.2) is 35.2 Å². The summed E-state index contributed by atoms with van der Waals surface area (Å²) in [7, 11) is 1.71. The van der Waals surface area contributed by atoms with Crippen molar-refractivity contribution < 1.29 is 14.0 Å². The van der Waals surface area contributed by atoms with Gasteiger partial charge in [0.2, 0.25) is 11.7 Å². The van der Waals surface area contributed by atoms with Gasteiger partial charge in [0, 0.05) is 44.8 Å². The predicted molar refractivity (Wildman–Crippen MR) is 111 cm³/mol. The molecule has 2 aromatic heterocycles. The molecule has 1 aliphatic heterocycles. The Hall–Kier alpha value is -2.84. The van der Waals surface area contributed by atoms with Crippen LogP contribution < -0.4 is 4.74 Å². The fourth-order valence-corrected chi connectivity index (χ4v) is 3.99. The second kappa shape index (κ2) is 9.32. The van der Waals surface area contributed by atoms with Crippen LogP contribution in [0.2, 0.25) is 0 Å². The number of rotatable bonds is 8. The molecule has 1 unspecified atom stereocenters. The van der Waals surface area contributed by atoms with Crippen molar-refractivity contribution in [2.45, 2.75) is 39.3 Å². The van der Waals surface area contributed by atoms with Crippen molar-refractivity contribution >= 4 is 0 Å². The largest absolute Gasteiger partial charge is 0.494 e. The number of aromatic nitrogens is 4. The van der Waals surface area contributed by atoms with Crippen LogP contribution in [-0.2, 0) is 17.9 Å². The third-order valence-corrected chi connectivity index (χ3v) is 5.30. The molecule has 8 heteroatoms. The van der Waals surface area contributed by atoms with Gasteiger partial charge in [-0.3, -0.25) is 4.90 Å². The van der Waals surface area contributed by atoms with E-state index in [1.807, 2.05) is 13.0 Å². The Balaban J connectivity index is 1.52. The van der Waals surface area contributed by atoms with E-state index in [-0.39, 0.29) is 0 Å². The number of benzene rings is 1. The molecule has 0 spiro atoms. The lowest BCUT2D eigenvalue weighted by molar-refractivity contribution is 0.184. The van der Waals surface area contributed by atoms with Gasteiger partial charge in [0.1, 0.15) is 12.1 Å². The first-order valence-corrected chi connectivity index (χ1v) is 10.2. The third kappa shape index (κ3) is 4.49. The zero-order valence-electron chi connectivity index (χ0n) is 17.7. The Kier molecular flexibility index (Phi) is 6.35. The van der Waals surface area contributed by atoms with Gasteiger partial charge < -0.3 is 14.0 Å². The van der Waals surface area contributed by atoms with Crippen LogP contribution in [0.5, 0.6) is 5.75 Å². The van der Waals surface area contributed by atoms with E-state index in [4.69, 9.17) is 14.0 Å². The van der Waals surface area contributed by atoms with Gasteiger partial charge in [-0.2, -0.15) is 4.98 Å². The molecule has 0 radical (unpaired) electrons. The van der Waals surface area contributed by atoms with Gasteiger partial charge in [0.25, 0.3) is 0 Å². The van der Waals surface area contributed by atoms with Crippen LogP contribution in [0.25, 0.3) is 11.4 Å². The molecule has 0 bridgehead atoms. The van der Waals surface area contributed by atoms with Crippen LogP contribution in [0.1, 0.15) is 42.0 Å². The van der Waals surface area contributed by atoms with E-state index in [2.05, 4.69) is 37.1 Å². The summed E-state index contributed by atoms with van der Waals surface area (Å²) in [5.41, 5.74) is 4.16. The van der Waals surface area contributed by atoms with Crippen LogP contribution >= 0.6 is 0 Å². The smallest absolute Gasteiger partial charge is 0.223 e. The van der Waals surface area contributed by atoms with Gasteiger partial charge in [-0.25, -0.2) is 9.97 Å². The molecule has 1 aliphatic rings. The molecule has 30 heavy (non-hydrogen) atoms. The number of ether oxygens (including phenoxy) is 2. The Labute approximate surface area is 176 Å². The molecule has 0 aliphatic carbocycles. The minimum absolute atomic E-state index is 0.291. The fraction of sp³-hybridized carbons (Fsp3) is 0.455. The van der Waals surface area contributed by atoms with E-state index in [1.165, 1.54) is 5.56 Å². The van der Waals surface area contributed by atoms with E-state index in [1.54, 1.807) is 26.6 Å². The molecule has 0 saturated carbocycles. The summed E-state index contributed by atoms with van der Waals surface area (Å²) in [6.07, 6.45) is 4.38. The van der Waals surface area contributed by atoms with Crippen LogP contribution in [-0.4, -0.2) is 51.8 Å². The van der Waals surface area contributed by atoms with Crippen LogP contribution in [0, 0.1) is 6.92 Å². The van der Waals surface area contributed by atoms with E-state index in [0.29, 0.717) is 30.8 Å². The maximum absolute atomic E-state index is 5.86. The third-order valence-electron chi connectivity index (χ3n) is 5.30. The normalized spacial score (nSPS) is 16.8. The number of nitrogens with zero attached hydrogens (tertiary/aromatic N) is 5. The van der Waals surface area contributed by atoms with Crippen LogP contribution in [0.3, 0.4) is 0 Å². The van der Waals surface area contributed by atoms with Crippen molar-refractivity contribution in [3.8, 4) is 17.1 Å². The zero-order chi connectivity index (χ0) is 20.9. The van der Waals surface area contributed by atoms with Crippen molar-refractivity contribution in [1.82, 2.24) is 25.0 Å². The van der Waals surface area contributed by atoms with Crippen molar-refractivity contribution in [3.05, 3.63) is 53.4 Å². The van der Waals surface area contributed by atoms with Crippen LogP contribution in [0.4, 0.5) is 0 Å². The highest BCUT2D eigenvalue weighted by molar-refractivity contribution is 5.57. The SMILES string of the molecule is CCOc1ccc(COC)cc1CN1CCC(c2ncncc2-c2noc(C)n2)C1. The highest BCUT2D eigenvalue weighted by atomic mass is 16.5. The first kappa shape index (κ1) is 20.4. The highest BCUT2D eigenvalue weighted by Crippen LogP contribution is 2.33. The Morgan fingerprint density at radius 1 is 1.30 bits per heavy atom. The molecule has 0 N–H and O–H groups in total. The van der Waals surface area contributed by atoms with Crippen molar-refractivity contribution in [3.63, 3.8) is 0 Å². The summed E-state index contributed by atoms with van der Waals surface area (Å²) in [6, 6.07) is 6.28. The molecule has 3 heterocycles. The molecule has 1 aromatic carbocycles. The molecule has 3 aromatic rings. The molecule has 4 rings (SSSR count). The van der Waals surface area contributed by atoms with Crippen molar-refractivity contribution in [2.75, 3.05) is 26.8 Å². The van der Waals surface area contributed by atoms with Gasteiger partial charge >= 0.3 is 0 Å². The monoisotopic (exact) mass is 409 g/mol. The number of likely N-dealkylation sites (tertiary alicyclic amines) is 1. The molecule has 0 amide bonds. The molecule has 158 valence electrons. The topological polar surface area (TPSA) is 86.4 Å². The van der Waals surface area contributed by atoms with Gasteiger partial charge in [-0.1, -0.05) is 11.2 Å². The van der Waals surface area contributed by atoms with E-state index in [9.17, 15) is 0 Å². The lowest BCUT2D eigenvalue weighted by Crippen LogP contribution is -2.21. The summed E-state index contributed by atoms with van der Waals surface area (Å²) in [4.78, 5) is 15.5. The summed E-state index contributed by atoms with van der Waals surface area (Å²) >= 11 is 0. The van der Waals surface area contributed by atoms with Gasteiger partial charge in [-0.05, 0) is 37.6 Å². The van der Waals surface area contributed by atoms with E-state index >= 15 is 0 Å². The molecule has 1 fully saturated rings. The first-order valence-electron chi connectivity index (χ1n) is 10.2. The van der Waals surface area contributed by atoms with E-state index in [0.717, 1.165) is 48.6 Å². The minimum atomic E-state index is 0.291. The van der Waals surface area contributed by atoms with Crippen molar-refractivity contribution in [2.24, 2.45) is 0 Å². The Bertz CT molecular complexity index is 990. The number of methoxy groups -OCH3 is 1. The van der Waals surface area contributed by atoms with Gasteiger partial charge in [0.05, 0.1) is 24.5 Å². The lowest BCUT2D eigenvalue weighted by Gasteiger charge is -2.19. The predicted octanol–water partition coefficient (Wildman–Crippen LogP) is 3.37. The minimum Gasteiger partial charge on any atom is -0.494 e. The molecule has 1 atom stereocenters. The maximum Gasteiger partial charge on any atom is 0.223 e. The standard InChI is InChI=1S/C22H27N5O3/c1-4-29-20-6-5-16(13-28-3)9-18(20)12-27-8-7-17(11-27)21-19(10-23-14-24-21)22-25-15(2)30-26-22/h5-6,9-10,14,17H,4,7-8,11-13H2,1-3H3. The summed E-state index contributed by atoms with van der Waals surface area (Å²) in [6.45, 7) is 7.75. The van der Waals surface area contributed by atoms with Gasteiger partial charge in [0.15, 0.2) is 0 Å². The summed E-state index contributed by atoms with van der Waals surface area (Å²) in [5.74, 6) is 2.31. The molecular weight excluding hydrogens is 382 g/mol. The van der Waals surface area contributed by atoms with Gasteiger partial charge in [-0.15, -0.1) is 0 Å². The number of hydrogen-bond donors (Lipinski definition) is 0. The molecular formula is C22H27N5O3. The number of aryl methyl sites for hydroxylation is 1. The molecule has 8 nitrogen and oxygen atoms in total. The summed E-state index contributed by atoms with van der Waals surface area (Å²) in [5, 5.41) is 4.06. The fourth-order valence-electron chi connectivity index (χ4n) is 3.99. The second-order valence-electron chi connectivity index (χ2n) is 7.49. The first-order chi connectivity index (χ1) is 14.7. The maximum atomic E-state index is 5.86. The average molecular weight is 409 g/mol. The number of hydrogen-bond acceptors (Lipinski definition) is 8. The summed E-state index contributed by atoms with van der Waals surface area (Å²) < 4.78 is 16.3. The average Bonchev–Trinajstić information content (AvgIpc) is 3.39.